The molecule has 0 aromatic heterocycles. The minimum Gasteiger partial charge on any atom is -0.480 e. The highest BCUT2D eigenvalue weighted by molar-refractivity contribution is 5.74. The fourth-order valence-corrected chi connectivity index (χ4v) is 1.44. The maximum Gasteiger partial charge on any atom is 0.323 e. The van der Waals surface area contributed by atoms with Crippen LogP contribution in [-0.4, -0.2) is 29.0 Å². The van der Waals surface area contributed by atoms with Crippen LogP contribution in [0.5, 0.6) is 11.5 Å². The maximum absolute atomic E-state index is 10.6. The Morgan fingerprint density at radius 1 is 1.38 bits per heavy atom. The average Bonchev–Trinajstić information content (AvgIpc) is 2.73. The molecule has 0 saturated heterocycles. The zero-order valence-corrected chi connectivity index (χ0v) is 8.29. The normalized spacial score (nSPS) is 16.9. The van der Waals surface area contributed by atoms with E-state index in [1.807, 2.05) is 0 Å². The number of aliphatic hydroxyl groups excluding tert-OH is 1. The van der Waals surface area contributed by atoms with E-state index in [4.69, 9.17) is 20.3 Å². The molecule has 0 aliphatic carbocycles. The van der Waals surface area contributed by atoms with Crippen molar-refractivity contribution in [2.24, 2.45) is 5.73 Å². The predicted molar refractivity (Wildman–Crippen MR) is 53.1 cm³/mol. The van der Waals surface area contributed by atoms with E-state index >= 15 is 0 Å². The lowest BCUT2D eigenvalue weighted by atomic mass is 10.2. The molecule has 2 rings (SSSR count). The molecule has 0 spiro atoms. The van der Waals surface area contributed by atoms with Crippen molar-refractivity contribution in [1.29, 1.82) is 0 Å². The highest BCUT2D eigenvalue weighted by Gasteiger charge is 2.25. The van der Waals surface area contributed by atoms with E-state index < -0.39 is 18.1 Å². The molecular formula is C10H11NO5. The summed E-state index contributed by atoms with van der Waals surface area (Å²) in [7, 11) is 0. The van der Waals surface area contributed by atoms with Gasteiger partial charge in [-0.1, -0.05) is 6.07 Å². The lowest BCUT2D eigenvalue weighted by Gasteiger charge is -2.15. The van der Waals surface area contributed by atoms with Gasteiger partial charge in [-0.15, -0.1) is 0 Å². The number of nitrogens with two attached hydrogens (primary N) is 1. The molecule has 86 valence electrons. The van der Waals surface area contributed by atoms with E-state index in [2.05, 4.69) is 0 Å². The average molecular weight is 228 g/mol. The van der Waals surface area contributed by atoms with Gasteiger partial charge in [0.25, 0.3) is 0 Å². The Hall–Kier alpha value is -1.79. The number of fused-ring (bicyclic) bond motifs is 1. The van der Waals surface area contributed by atoms with Gasteiger partial charge in [0.15, 0.2) is 11.5 Å². The lowest BCUT2D eigenvalue weighted by Crippen LogP contribution is -2.36. The molecule has 6 heteroatoms. The second-order valence-corrected chi connectivity index (χ2v) is 3.42. The fourth-order valence-electron chi connectivity index (χ4n) is 1.44. The van der Waals surface area contributed by atoms with Crippen molar-refractivity contribution >= 4 is 5.97 Å². The van der Waals surface area contributed by atoms with Crippen molar-refractivity contribution in [3.05, 3.63) is 23.8 Å². The number of benzene rings is 1. The molecule has 2 atom stereocenters. The van der Waals surface area contributed by atoms with E-state index in [1.54, 1.807) is 12.1 Å². The monoisotopic (exact) mass is 228 g/mol. The molecule has 1 aromatic carbocycles. The predicted octanol–water partition coefficient (Wildman–Crippen LogP) is -0.139. The van der Waals surface area contributed by atoms with Crippen LogP contribution in [0.4, 0.5) is 0 Å². The Bertz CT molecular complexity index is 420. The van der Waals surface area contributed by atoms with Crippen LogP contribution < -0.4 is 15.2 Å². The standard InChI is InChI=1S/C10H11NO5/c11-8(10(13)14)9(12)5-1-2-6-7(3-5)16-4-15-6/h1-3,8-9,12H,4,11H2,(H,13,14)/t8-,9+/m1/s1/i8+1,9+1,11+1. The molecule has 6 nitrogen and oxygen atoms in total. The lowest BCUT2D eigenvalue weighted by molar-refractivity contribution is -0.141. The SMILES string of the molecule is [15NH2][13C@@H](C(=O)O)[13C@@H](O)c1ccc2c(c1)OCO2. The number of carboxylic acid groups (broad SMARTS) is 1. The number of hydrogen-bond donors (Lipinski definition) is 3. The third-order valence-corrected chi connectivity index (χ3v) is 2.36. The van der Waals surface area contributed by atoms with Gasteiger partial charge in [-0.25, -0.2) is 0 Å². The molecule has 0 saturated carbocycles. The third-order valence-electron chi connectivity index (χ3n) is 2.36. The van der Waals surface area contributed by atoms with Crippen LogP contribution in [0.1, 0.15) is 11.7 Å². The van der Waals surface area contributed by atoms with Crippen molar-refractivity contribution in [3.63, 3.8) is 0 Å². The minimum absolute atomic E-state index is 0.125. The molecule has 1 aliphatic heterocycles. The molecule has 1 aliphatic rings. The van der Waals surface area contributed by atoms with E-state index in [-0.39, 0.29) is 6.79 Å². The zero-order valence-electron chi connectivity index (χ0n) is 8.29. The number of carboxylic acids is 1. The van der Waals surface area contributed by atoms with Crippen LogP contribution in [0.2, 0.25) is 0 Å². The highest BCUT2D eigenvalue weighted by Crippen LogP contribution is 2.34. The largest absolute Gasteiger partial charge is 0.480 e. The van der Waals surface area contributed by atoms with Crippen LogP contribution in [0.25, 0.3) is 0 Å². The summed E-state index contributed by atoms with van der Waals surface area (Å²) in [5, 5.41) is 18.4. The number of aliphatic hydroxyl groups is 1. The Kier molecular flexibility index (Phi) is 2.67. The fraction of sp³-hybridized carbons (Fsp3) is 0.300. The molecule has 0 amide bonds. The topological polar surface area (TPSA) is 102 Å². The quantitative estimate of drug-likeness (QED) is 0.491. The van der Waals surface area contributed by atoms with Gasteiger partial charge in [0, 0.05) is 0 Å². The molecular weight excluding hydrogens is 217 g/mol. The van der Waals surface area contributed by atoms with Gasteiger partial charge in [-0.3, -0.25) is 4.79 Å². The number of ether oxygens (including phenoxy) is 2. The molecule has 16 heavy (non-hydrogen) atoms. The van der Waals surface area contributed by atoms with Gasteiger partial charge in [0.1, 0.15) is 12.1 Å². The Morgan fingerprint density at radius 3 is 2.75 bits per heavy atom. The van der Waals surface area contributed by atoms with E-state index in [9.17, 15) is 9.90 Å². The summed E-state index contributed by atoms with van der Waals surface area (Å²) in [6, 6.07) is 3.33. The molecule has 4 N–H and O–H groups in total. The molecule has 1 heterocycles. The summed E-state index contributed by atoms with van der Waals surface area (Å²) in [6.45, 7) is 0.125. The number of hydrogen-bond acceptors (Lipinski definition) is 5. The number of carbonyl (C=O) groups is 1. The maximum atomic E-state index is 10.6. The molecule has 0 radical (unpaired) electrons. The second-order valence-electron chi connectivity index (χ2n) is 3.42. The summed E-state index contributed by atoms with van der Waals surface area (Å²) in [5.41, 5.74) is 5.70. The summed E-state index contributed by atoms with van der Waals surface area (Å²) >= 11 is 0. The Labute approximate surface area is 91.2 Å². The molecule has 0 fully saturated rings. The van der Waals surface area contributed by atoms with E-state index in [0.717, 1.165) is 0 Å². The van der Waals surface area contributed by atoms with Crippen molar-refractivity contribution in [3.8, 4) is 11.5 Å². The first kappa shape index (κ1) is 10.7. The van der Waals surface area contributed by atoms with Crippen LogP contribution in [-0.2, 0) is 4.79 Å². The summed E-state index contributed by atoms with van der Waals surface area (Å²) in [4.78, 5) is 10.6. The summed E-state index contributed by atoms with van der Waals surface area (Å²) in [6.07, 6.45) is -1.27. The highest BCUT2D eigenvalue weighted by atomic mass is 16.7. The van der Waals surface area contributed by atoms with Gasteiger partial charge >= 0.3 is 5.97 Å². The molecule has 0 unspecified atom stereocenters. The van der Waals surface area contributed by atoms with Gasteiger partial charge < -0.3 is 25.4 Å². The second kappa shape index (κ2) is 3.99. The van der Waals surface area contributed by atoms with Crippen LogP contribution in [0.3, 0.4) is 0 Å². The van der Waals surface area contributed by atoms with Crippen molar-refractivity contribution < 1.29 is 24.5 Å². The first-order valence-electron chi connectivity index (χ1n) is 4.65. The first-order chi connectivity index (χ1) is 7.59. The molecule has 0 bridgehead atoms. The Balaban J connectivity index is 2.24. The van der Waals surface area contributed by atoms with Crippen LogP contribution in [0.15, 0.2) is 18.2 Å². The summed E-state index contributed by atoms with van der Waals surface area (Å²) in [5.74, 6) is -0.209. The van der Waals surface area contributed by atoms with Crippen molar-refractivity contribution in [1.82, 2.24) is 0 Å². The van der Waals surface area contributed by atoms with E-state index in [1.165, 1.54) is 6.07 Å². The van der Waals surface area contributed by atoms with Gasteiger partial charge in [-0.2, -0.15) is 0 Å². The third kappa shape index (κ3) is 1.80. The summed E-state index contributed by atoms with van der Waals surface area (Å²) < 4.78 is 10.2. The van der Waals surface area contributed by atoms with Gasteiger partial charge in [0.2, 0.25) is 6.79 Å². The van der Waals surface area contributed by atoms with Gasteiger partial charge in [0.05, 0.1) is 0 Å². The Morgan fingerprint density at radius 2 is 2.06 bits per heavy atom. The van der Waals surface area contributed by atoms with E-state index in [0.29, 0.717) is 17.1 Å². The molecule has 1 aromatic rings. The van der Waals surface area contributed by atoms with Gasteiger partial charge in [-0.05, 0) is 17.7 Å². The van der Waals surface area contributed by atoms with Crippen LogP contribution >= 0.6 is 0 Å². The minimum atomic E-state index is -1.36. The zero-order chi connectivity index (χ0) is 11.7. The van der Waals surface area contributed by atoms with Crippen LogP contribution in [0, 0.1) is 0 Å². The van der Waals surface area contributed by atoms with Crippen molar-refractivity contribution in [2.75, 3.05) is 6.79 Å². The van der Waals surface area contributed by atoms with Crippen molar-refractivity contribution in [2.45, 2.75) is 12.1 Å². The first-order valence-corrected chi connectivity index (χ1v) is 4.65. The smallest absolute Gasteiger partial charge is 0.323 e. The number of aliphatic carboxylic acids is 1. The number of rotatable bonds is 3.